The maximum absolute atomic E-state index is 6.81. The van der Waals surface area contributed by atoms with Gasteiger partial charge in [-0.15, -0.1) is 0 Å². The number of hydrogen-bond acceptors (Lipinski definition) is 4. The summed E-state index contributed by atoms with van der Waals surface area (Å²) >= 11 is 0. The molecule has 1 aromatic rings. The maximum Gasteiger partial charge on any atom is 0.206 e. The lowest BCUT2D eigenvalue weighted by Gasteiger charge is -2.61. The quantitative estimate of drug-likeness (QED) is 0.803. The molecule has 0 N–H and O–H groups in total. The molecule has 3 aliphatic carbocycles. The number of piperidine rings is 1. The first-order valence-corrected chi connectivity index (χ1v) is 11.0. The largest absolute Gasteiger partial charge is 0.483 e. The Hall–Kier alpha value is -1.10. The third-order valence-corrected chi connectivity index (χ3v) is 8.62. The Morgan fingerprint density at radius 3 is 2.78 bits per heavy atom. The van der Waals surface area contributed by atoms with Crippen LogP contribution in [0.2, 0.25) is 0 Å². The Morgan fingerprint density at radius 2 is 1.96 bits per heavy atom. The van der Waals surface area contributed by atoms with E-state index < -0.39 is 5.79 Å². The number of ether oxygens (including phenoxy) is 3. The summed E-state index contributed by atoms with van der Waals surface area (Å²) in [5, 5.41) is 0. The minimum Gasteiger partial charge on any atom is -0.483 e. The van der Waals surface area contributed by atoms with Gasteiger partial charge in [0.2, 0.25) is 5.79 Å². The molecule has 1 aromatic carbocycles. The fourth-order valence-corrected chi connectivity index (χ4v) is 7.37. The number of fused-ring (bicyclic) bond motifs is 1. The lowest BCUT2D eigenvalue weighted by atomic mass is 9.50. The predicted molar refractivity (Wildman–Crippen MR) is 101 cm³/mol. The molecule has 0 radical (unpaired) electrons. The number of aryl methyl sites for hydroxylation is 1. The van der Waals surface area contributed by atoms with Gasteiger partial charge >= 0.3 is 0 Å². The first-order chi connectivity index (χ1) is 13.2. The Balaban J connectivity index is 1.41. The highest BCUT2D eigenvalue weighted by Gasteiger charge is 2.71. The van der Waals surface area contributed by atoms with Gasteiger partial charge in [-0.05, 0) is 68.5 Å². The molecule has 27 heavy (non-hydrogen) atoms. The third kappa shape index (κ3) is 1.86. The van der Waals surface area contributed by atoms with Crippen LogP contribution < -0.4 is 4.74 Å². The van der Waals surface area contributed by atoms with Gasteiger partial charge in [-0.2, -0.15) is 0 Å². The molecular formula is C23H29NO3. The Morgan fingerprint density at radius 1 is 1.11 bits per heavy atom. The second-order valence-corrected chi connectivity index (χ2v) is 9.90. The molecule has 4 atom stereocenters. The fraction of sp³-hybridized carbons (Fsp3) is 0.739. The summed E-state index contributed by atoms with van der Waals surface area (Å²) in [6.07, 6.45) is 7.51. The summed E-state index contributed by atoms with van der Waals surface area (Å²) in [5.74, 6) is 2.29. The van der Waals surface area contributed by atoms with Crippen molar-refractivity contribution in [1.82, 2.24) is 4.90 Å². The van der Waals surface area contributed by atoms with Crippen molar-refractivity contribution in [3.63, 3.8) is 0 Å². The molecule has 2 saturated heterocycles. The highest BCUT2D eigenvalue weighted by atomic mass is 16.8. The SMILES string of the molecule is Cc1ccc2c3c1O[C@@H]1C4(CCC5[C@H](C2)N(CC2CC2)CC[C@]351)OCCO4. The van der Waals surface area contributed by atoms with E-state index in [4.69, 9.17) is 14.2 Å². The number of benzene rings is 1. The zero-order valence-electron chi connectivity index (χ0n) is 16.2. The lowest BCUT2D eigenvalue weighted by Crippen LogP contribution is -2.70. The van der Waals surface area contributed by atoms with Crippen molar-refractivity contribution in [2.24, 2.45) is 11.8 Å². The van der Waals surface area contributed by atoms with Gasteiger partial charge in [-0.1, -0.05) is 12.1 Å². The summed E-state index contributed by atoms with van der Waals surface area (Å²) in [6, 6.07) is 5.33. The van der Waals surface area contributed by atoms with Crippen molar-refractivity contribution in [2.75, 3.05) is 26.3 Å². The van der Waals surface area contributed by atoms with Gasteiger partial charge in [-0.25, -0.2) is 0 Å². The molecule has 4 fully saturated rings. The highest BCUT2D eigenvalue weighted by Crippen LogP contribution is 2.65. The predicted octanol–water partition coefficient (Wildman–Crippen LogP) is 3.19. The van der Waals surface area contributed by atoms with Gasteiger partial charge < -0.3 is 14.2 Å². The van der Waals surface area contributed by atoms with Gasteiger partial charge in [-0.3, -0.25) is 4.90 Å². The van der Waals surface area contributed by atoms with Crippen LogP contribution in [0, 0.1) is 18.8 Å². The van der Waals surface area contributed by atoms with Gasteiger partial charge in [0.25, 0.3) is 0 Å². The molecule has 2 spiro atoms. The van der Waals surface area contributed by atoms with E-state index in [2.05, 4.69) is 24.0 Å². The molecule has 3 heterocycles. The Labute approximate surface area is 161 Å². The minimum absolute atomic E-state index is 0.0342. The molecule has 6 aliphatic rings. The van der Waals surface area contributed by atoms with Crippen molar-refractivity contribution in [3.05, 3.63) is 28.8 Å². The van der Waals surface area contributed by atoms with Crippen LogP contribution in [0.25, 0.3) is 0 Å². The van der Waals surface area contributed by atoms with E-state index in [1.165, 1.54) is 61.9 Å². The molecule has 144 valence electrons. The van der Waals surface area contributed by atoms with Gasteiger partial charge in [0.1, 0.15) is 5.75 Å². The number of rotatable bonds is 2. The second-order valence-electron chi connectivity index (χ2n) is 9.90. The van der Waals surface area contributed by atoms with E-state index in [-0.39, 0.29) is 11.5 Å². The van der Waals surface area contributed by atoms with E-state index in [0.717, 1.165) is 18.1 Å². The first-order valence-electron chi connectivity index (χ1n) is 11.0. The Bertz CT molecular complexity index is 812. The number of hydrogen-bond donors (Lipinski definition) is 0. The van der Waals surface area contributed by atoms with E-state index >= 15 is 0 Å². The van der Waals surface area contributed by atoms with Crippen molar-refractivity contribution in [2.45, 2.75) is 68.8 Å². The topological polar surface area (TPSA) is 30.9 Å². The smallest absolute Gasteiger partial charge is 0.206 e. The number of nitrogens with zero attached hydrogens (tertiary/aromatic N) is 1. The molecule has 3 aliphatic heterocycles. The third-order valence-electron chi connectivity index (χ3n) is 8.62. The average molecular weight is 367 g/mol. The van der Waals surface area contributed by atoms with Crippen LogP contribution in [0.15, 0.2) is 12.1 Å². The van der Waals surface area contributed by atoms with Gasteiger partial charge in [0.05, 0.1) is 13.2 Å². The molecule has 0 amide bonds. The average Bonchev–Trinajstić information content (AvgIpc) is 3.24. The van der Waals surface area contributed by atoms with E-state index in [9.17, 15) is 0 Å². The molecule has 0 aromatic heterocycles. The van der Waals surface area contributed by atoms with Crippen molar-refractivity contribution in [1.29, 1.82) is 0 Å². The molecule has 4 heteroatoms. The maximum atomic E-state index is 6.81. The zero-order chi connectivity index (χ0) is 17.8. The molecular weight excluding hydrogens is 338 g/mol. The van der Waals surface area contributed by atoms with E-state index in [1.807, 2.05) is 0 Å². The first kappa shape index (κ1) is 15.8. The summed E-state index contributed by atoms with van der Waals surface area (Å²) in [4.78, 5) is 2.85. The van der Waals surface area contributed by atoms with E-state index in [1.54, 1.807) is 0 Å². The van der Waals surface area contributed by atoms with Crippen LogP contribution >= 0.6 is 0 Å². The van der Waals surface area contributed by atoms with Crippen LogP contribution in [0.5, 0.6) is 5.75 Å². The van der Waals surface area contributed by atoms with Crippen LogP contribution in [0.1, 0.15) is 48.8 Å². The monoisotopic (exact) mass is 367 g/mol. The summed E-state index contributed by atoms with van der Waals surface area (Å²) in [5.41, 5.74) is 4.46. The van der Waals surface area contributed by atoms with Crippen LogP contribution in [-0.4, -0.2) is 49.1 Å². The second kappa shape index (κ2) is 5.08. The standard InChI is InChI=1S/C23H29NO3/c1-14-2-5-16-12-18-17-6-7-23(25-10-11-26-23)21-22(17,19(16)20(14)27-21)8-9-24(18)13-15-3-4-15/h2,5,15,17-18,21H,3-4,6-13H2,1H3/t17?,18-,21-,22+/m0/s1. The van der Waals surface area contributed by atoms with E-state index in [0.29, 0.717) is 25.2 Å². The van der Waals surface area contributed by atoms with Gasteiger partial charge in [0.15, 0.2) is 6.10 Å². The van der Waals surface area contributed by atoms with Crippen molar-refractivity contribution in [3.8, 4) is 5.75 Å². The van der Waals surface area contributed by atoms with Crippen LogP contribution in [-0.2, 0) is 21.3 Å². The highest BCUT2D eigenvalue weighted by molar-refractivity contribution is 5.58. The lowest BCUT2D eigenvalue weighted by molar-refractivity contribution is -0.261. The van der Waals surface area contributed by atoms with Gasteiger partial charge in [0, 0.05) is 30.0 Å². The summed E-state index contributed by atoms with van der Waals surface area (Å²) in [6.45, 7) is 6.14. The molecule has 4 nitrogen and oxygen atoms in total. The zero-order valence-corrected chi connectivity index (χ0v) is 16.2. The molecule has 2 saturated carbocycles. The Kier molecular flexibility index (Phi) is 2.97. The number of likely N-dealkylation sites (tertiary alicyclic amines) is 1. The fourth-order valence-electron chi connectivity index (χ4n) is 7.37. The van der Waals surface area contributed by atoms with Crippen molar-refractivity contribution >= 4 is 0 Å². The minimum atomic E-state index is -0.514. The normalized spacial score (nSPS) is 40.9. The summed E-state index contributed by atoms with van der Waals surface area (Å²) < 4.78 is 19.4. The molecule has 1 unspecified atom stereocenters. The van der Waals surface area contributed by atoms with Crippen LogP contribution in [0.4, 0.5) is 0 Å². The van der Waals surface area contributed by atoms with Crippen molar-refractivity contribution < 1.29 is 14.2 Å². The molecule has 2 bridgehead atoms. The summed E-state index contributed by atoms with van der Waals surface area (Å²) in [7, 11) is 0. The molecule has 7 rings (SSSR count). The van der Waals surface area contributed by atoms with Crippen LogP contribution in [0.3, 0.4) is 0 Å².